The van der Waals surface area contributed by atoms with Crippen molar-refractivity contribution in [2.45, 2.75) is 13.1 Å². The summed E-state index contributed by atoms with van der Waals surface area (Å²) >= 11 is 3.35. The van der Waals surface area contributed by atoms with Gasteiger partial charge in [-0.3, -0.25) is 4.79 Å². The van der Waals surface area contributed by atoms with E-state index >= 15 is 0 Å². The Morgan fingerprint density at radius 2 is 1.80 bits per heavy atom. The van der Waals surface area contributed by atoms with E-state index in [1.165, 1.54) is 9.75 Å². The number of ether oxygens (including phenoxy) is 1. The lowest BCUT2D eigenvalue weighted by Gasteiger charge is -2.24. The lowest BCUT2D eigenvalue weighted by molar-refractivity contribution is -0.115. The minimum atomic E-state index is -0.0877. The Labute approximate surface area is 183 Å². The van der Waals surface area contributed by atoms with Gasteiger partial charge in [0.15, 0.2) is 0 Å². The van der Waals surface area contributed by atoms with Crippen LogP contribution >= 0.6 is 22.7 Å². The first-order chi connectivity index (χ1) is 14.7. The number of amides is 1. The molecule has 1 amide bonds. The molecule has 0 fully saturated rings. The van der Waals surface area contributed by atoms with Gasteiger partial charge in [-0.1, -0.05) is 12.1 Å². The highest BCUT2D eigenvalue weighted by Gasteiger charge is 2.15. The molecule has 1 N–H and O–H groups in total. The molecule has 154 valence electrons. The Morgan fingerprint density at radius 3 is 2.47 bits per heavy atom. The van der Waals surface area contributed by atoms with E-state index in [0.29, 0.717) is 18.9 Å². The van der Waals surface area contributed by atoms with Crippen molar-refractivity contribution in [3.63, 3.8) is 0 Å². The maximum absolute atomic E-state index is 12.9. The van der Waals surface area contributed by atoms with Crippen molar-refractivity contribution in [1.29, 1.82) is 0 Å². The molecule has 0 spiro atoms. The lowest BCUT2D eigenvalue weighted by atomic mass is 10.2. The Balaban J connectivity index is 1.47. The first-order valence-electron chi connectivity index (χ1n) is 9.46. The normalized spacial score (nSPS) is 10.7. The summed E-state index contributed by atoms with van der Waals surface area (Å²) in [5.41, 5.74) is 0.964. The SMILES string of the molecule is COc1ccc(N(CC(=O)Nc2ccnn2Cc2cccs2)Cc2cccs2)cc1. The number of anilines is 2. The molecule has 6 nitrogen and oxygen atoms in total. The molecule has 0 bridgehead atoms. The molecule has 4 aromatic rings. The van der Waals surface area contributed by atoms with Crippen molar-refractivity contribution < 1.29 is 9.53 Å². The molecule has 0 aliphatic rings. The largest absolute Gasteiger partial charge is 0.497 e. The predicted molar refractivity (Wildman–Crippen MR) is 123 cm³/mol. The number of carbonyl (C=O) groups excluding carboxylic acids is 1. The molecular formula is C22H22N4O2S2. The van der Waals surface area contributed by atoms with Gasteiger partial charge in [0.25, 0.3) is 0 Å². The third-order valence-electron chi connectivity index (χ3n) is 4.57. The molecule has 3 aromatic heterocycles. The smallest absolute Gasteiger partial charge is 0.245 e. The number of thiophene rings is 2. The molecule has 0 aliphatic heterocycles. The average Bonchev–Trinajstić information content (AvgIpc) is 3.53. The second kappa shape index (κ2) is 9.60. The summed E-state index contributed by atoms with van der Waals surface area (Å²) in [6.07, 6.45) is 1.70. The summed E-state index contributed by atoms with van der Waals surface area (Å²) in [4.78, 5) is 17.3. The molecule has 0 unspecified atom stereocenters. The van der Waals surface area contributed by atoms with Gasteiger partial charge >= 0.3 is 0 Å². The van der Waals surface area contributed by atoms with Crippen LogP contribution < -0.4 is 15.0 Å². The van der Waals surface area contributed by atoms with Gasteiger partial charge in [0.05, 0.1) is 32.9 Å². The Bertz CT molecular complexity index is 1060. The second-order valence-electron chi connectivity index (χ2n) is 6.64. The molecule has 0 saturated carbocycles. The van der Waals surface area contributed by atoms with Crippen molar-refractivity contribution in [2.24, 2.45) is 0 Å². The average molecular weight is 439 g/mol. The minimum absolute atomic E-state index is 0.0877. The van der Waals surface area contributed by atoms with Crippen molar-refractivity contribution in [1.82, 2.24) is 9.78 Å². The molecule has 0 atom stereocenters. The van der Waals surface area contributed by atoms with Crippen molar-refractivity contribution >= 4 is 40.1 Å². The number of methoxy groups -OCH3 is 1. The summed E-state index contributed by atoms with van der Waals surface area (Å²) in [5.74, 6) is 1.39. The highest BCUT2D eigenvalue weighted by molar-refractivity contribution is 7.10. The van der Waals surface area contributed by atoms with Gasteiger partial charge in [-0.05, 0) is 47.2 Å². The van der Waals surface area contributed by atoms with Gasteiger partial charge in [0.1, 0.15) is 11.6 Å². The van der Waals surface area contributed by atoms with E-state index in [1.54, 1.807) is 40.7 Å². The summed E-state index contributed by atoms with van der Waals surface area (Å²) in [5, 5.41) is 11.4. The third-order valence-corrected chi connectivity index (χ3v) is 6.29. The van der Waals surface area contributed by atoms with Gasteiger partial charge in [-0.25, -0.2) is 4.68 Å². The topological polar surface area (TPSA) is 59.4 Å². The fourth-order valence-electron chi connectivity index (χ4n) is 3.09. The minimum Gasteiger partial charge on any atom is -0.497 e. The van der Waals surface area contributed by atoms with Gasteiger partial charge in [-0.2, -0.15) is 5.10 Å². The van der Waals surface area contributed by atoms with Crippen LogP contribution in [0.25, 0.3) is 0 Å². The quantitative estimate of drug-likeness (QED) is 0.411. The van der Waals surface area contributed by atoms with Gasteiger partial charge in [0, 0.05) is 21.5 Å². The van der Waals surface area contributed by atoms with Gasteiger partial charge in [-0.15, -0.1) is 22.7 Å². The maximum Gasteiger partial charge on any atom is 0.245 e. The Kier molecular flexibility index (Phi) is 6.46. The van der Waals surface area contributed by atoms with E-state index in [0.717, 1.165) is 11.4 Å². The number of carbonyl (C=O) groups is 1. The summed E-state index contributed by atoms with van der Waals surface area (Å²) in [6.45, 7) is 1.53. The van der Waals surface area contributed by atoms with Crippen LogP contribution in [0, 0.1) is 0 Å². The first kappa shape index (κ1) is 20.2. The van der Waals surface area contributed by atoms with Gasteiger partial charge < -0.3 is 15.0 Å². The number of nitrogens with one attached hydrogen (secondary N) is 1. The molecule has 0 saturated heterocycles. The fraction of sp³-hybridized carbons (Fsp3) is 0.182. The zero-order chi connectivity index (χ0) is 20.8. The molecule has 4 rings (SSSR count). The second-order valence-corrected chi connectivity index (χ2v) is 8.70. The van der Waals surface area contributed by atoms with E-state index in [4.69, 9.17) is 4.74 Å². The van der Waals surface area contributed by atoms with E-state index in [-0.39, 0.29) is 12.5 Å². The van der Waals surface area contributed by atoms with Crippen LogP contribution in [0.4, 0.5) is 11.5 Å². The zero-order valence-corrected chi connectivity index (χ0v) is 18.2. The molecular weight excluding hydrogens is 416 g/mol. The summed E-state index contributed by atoms with van der Waals surface area (Å²) in [7, 11) is 1.64. The highest BCUT2D eigenvalue weighted by atomic mass is 32.1. The highest BCUT2D eigenvalue weighted by Crippen LogP contribution is 2.23. The first-order valence-corrected chi connectivity index (χ1v) is 11.2. The molecule has 0 radical (unpaired) electrons. The summed E-state index contributed by atoms with van der Waals surface area (Å²) < 4.78 is 7.06. The monoisotopic (exact) mass is 438 g/mol. The van der Waals surface area contributed by atoms with Crippen LogP contribution in [-0.4, -0.2) is 29.3 Å². The number of hydrogen-bond acceptors (Lipinski definition) is 6. The standard InChI is InChI=1S/C22H22N4O2S2/c1-28-18-8-6-17(7-9-18)25(14-19-4-2-12-29-19)16-22(27)24-21-10-11-23-26(21)15-20-5-3-13-30-20/h2-13H,14-16H2,1H3,(H,24,27). The fourth-order valence-corrected chi connectivity index (χ4v) is 4.50. The molecule has 3 heterocycles. The van der Waals surface area contributed by atoms with Crippen LogP contribution in [0.3, 0.4) is 0 Å². The van der Waals surface area contributed by atoms with Gasteiger partial charge in [0.2, 0.25) is 5.91 Å². The van der Waals surface area contributed by atoms with E-state index in [9.17, 15) is 4.79 Å². The number of benzene rings is 1. The van der Waals surface area contributed by atoms with Crippen LogP contribution in [-0.2, 0) is 17.9 Å². The third kappa shape index (κ3) is 5.08. The van der Waals surface area contributed by atoms with E-state index < -0.39 is 0 Å². The number of nitrogens with zero attached hydrogens (tertiary/aromatic N) is 3. The van der Waals surface area contributed by atoms with Crippen molar-refractivity contribution in [3.8, 4) is 5.75 Å². The Hall–Kier alpha value is -3.10. The van der Waals surface area contributed by atoms with Crippen molar-refractivity contribution in [3.05, 3.63) is 81.3 Å². The van der Waals surface area contributed by atoms with Crippen LogP contribution in [0.5, 0.6) is 5.75 Å². The van der Waals surface area contributed by atoms with Crippen molar-refractivity contribution in [2.75, 3.05) is 23.9 Å². The summed E-state index contributed by atoms with van der Waals surface area (Å²) in [6, 6.07) is 17.8. The zero-order valence-electron chi connectivity index (χ0n) is 16.5. The van der Waals surface area contributed by atoms with Crippen LogP contribution in [0.15, 0.2) is 71.6 Å². The molecule has 0 aliphatic carbocycles. The van der Waals surface area contributed by atoms with E-state index in [2.05, 4.69) is 27.4 Å². The predicted octanol–water partition coefficient (Wildman–Crippen LogP) is 4.71. The van der Waals surface area contributed by atoms with Crippen LogP contribution in [0.1, 0.15) is 9.75 Å². The Morgan fingerprint density at radius 1 is 1.07 bits per heavy atom. The number of aromatic nitrogens is 2. The number of rotatable bonds is 9. The van der Waals surface area contributed by atoms with Crippen LogP contribution in [0.2, 0.25) is 0 Å². The maximum atomic E-state index is 12.9. The lowest BCUT2D eigenvalue weighted by Crippen LogP contribution is -2.33. The molecule has 8 heteroatoms. The van der Waals surface area contributed by atoms with E-state index in [1.807, 2.05) is 53.2 Å². The molecule has 1 aromatic carbocycles. The number of hydrogen-bond donors (Lipinski definition) is 1. The molecule has 30 heavy (non-hydrogen) atoms.